The monoisotopic (exact) mass is 401 g/mol. The maximum absolute atomic E-state index is 5.87. The molecule has 6 nitrogen and oxygen atoms in total. The second-order valence-corrected chi connectivity index (χ2v) is 4.44. The number of anilines is 1. The van der Waals surface area contributed by atoms with Gasteiger partial charge in [-0.2, -0.15) is 5.10 Å². The normalized spacial score (nSPS) is 10.9. The molecule has 0 bridgehead atoms. The van der Waals surface area contributed by atoms with Crippen LogP contribution in [0.15, 0.2) is 35.5 Å². The van der Waals surface area contributed by atoms with E-state index in [9.17, 15) is 0 Å². The minimum atomic E-state index is 0. The first-order valence-corrected chi connectivity index (χ1v) is 6.28. The average molecular weight is 401 g/mol. The summed E-state index contributed by atoms with van der Waals surface area (Å²) in [4.78, 5) is 4.31. The van der Waals surface area contributed by atoms with Crippen LogP contribution in [0.25, 0.3) is 0 Å². The van der Waals surface area contributed by atoms with E-state index < -0.39 is 0 Å². The first-order chi connectivity index (χ1) is 9.60. The molecule has 0 saturated carbocycles. The smallest absolute Gasteiger partial charge is 0.193 e. The summed E-state index contributed by atoms with van der Waals surface area (Å²) in [6.45, 7) is 2.51. The predicted octanol–water partition coefficient (Wildman–Crippen LogP) is 2.28. The van der Waals surface area contributed by atoms with Crippen LogP contribution in [0.3, 0.4) is 0 Å². The molecule has 0 aliphatic rings. The highest BCUT2D eigenvalue weighted by Gasteiger charge is 2.03. The zero-order chi connectivity index (χ0) is 14.5. The van der Waals surface area contributed by atoms with Crippen molar-refractivity contribution in [1.29, 1.82) is 0 Å². The molecule has 2 rings (SSSR count). The largest absolute Gasteiger partial charge is 0.497 e. The number of nitrogens with one attached hydrogen (secondary N) is 1. The number of ether oxygens (including phenoxy) is 1. The Morgan fingerprint density at radius 2 is 2.24 bits per heavy atom. The number of guanidine groups is 1. The van der Waals surface area contributed by atoms with Gasteiger partial charge >= 0.3 is 0 Å². The zero-order valence-corrected chi connectivity index (χ0v) is 14.7. The summed E-state index contributed by atoms with van der Waals surface area (Å²) < 4.78 is 6.97. The van der Waals surface area contributed by atoms with Gasteiger partial charge in [-0.3, -0.25) is 4.68 Å². The molecule has 0 atom stereocenters. The maximum atomic E-state index is 5.87. The number of benzene rings is 1. The van der Waals surface area contributed by atoms with Crippen LogP contribution in [0.5, 0.6) is 5.75 Å². The number of halogens is 1. The molecule has 21 heavy (non-hydrogen) atoms. The number of nitrogens with two attached hydrogens (primary N) is 1. The lowest BCUT2D eigenvalue weighted by molar-refractivity contribution is 0.415. The van der Waals surface area contributed by atoms with Gasteiger partial charge in [-0.25, -0.2) is 4.99 Å². The number of hydrogen-bond acceptors (Lipinski definition) is 3. The van der Waals surface area contributed by atoms with E-state index >= 15 is 0 Å². The number of aliphatic imine (C=N–C) groups is 1. The highest BCUT2D eigenvalue weighted by Crippen LogP contribution is 2.16. The Morgan fingerprint density at radius 3 is 2.86 bits per heavy atom. The summed E-state index contributed by atoms with van der Waals surface area (Å²) in [5.74, 6) is 1.13. The fraction of sp³-hybridized carbons (Fsp3) is 0.286. The van der Waals surface area contributed by atoms with Crippen LogP contribution in [0.2, 0.25) is 0 Å². The first kappa shape index (κ1) is 17.3. The zero-order valence-electron chi connectivity index (χ0n) is 12.3. The van der Waals surface area contributed by atoms with Gasteiger partial charge in [0.25, 0.3) is 0 Å². The number of hydrogen-bond donors (Lipinski definition) is 2. The van der Waals surface area contributed by atoms with Crippen LogP contribution >= 0.6 is 24.0 Å². The summed E-state index contributed by atoms with van der Waals surface area (Å²) in [5, 5.41) is 7.20. The lowest BCUT2D eigenvalue weighted by Gasteiger charge is -2.07. The second-order valence-electron chi connectivity index (χ2n) is 4.44. The number of nitrogens with zero attached hydrogens (tertiary/aromatic N) is 3. The van der Waals surface area contributed by atoms with Gasteiger partial charge < -0.3 is 15.8 Å². The molecule has 0 radical (unpaired) electrons. The minimum Gasteiger partial charge on any atom is -0.497 e. The van der Waals surface area contributed by atoms with Crippen LogP contribution in [-0.2, 0) is 13.6 Å². The first-order valence-electron chi connectivity index (χ1n) is 6.28. The van der Waals surface area contributed by atoms with E-state index in [2.05, 4.69) is 15.4 Å². The Balaban J connectivity index is 0.00000220. The molecule has 114 valence electrons. The third-order valence-electron chi connectivity index (χ3n) is 3.10. The molecule has 0 saturated heterocycles. The van der Waals surface area contributed by atoms with Gasteiger partial charge in [0.15, 0.2) is 5.96 Å². The van der Waals surface area contributed by atoms with Crippen molar-refractivity contribution in [3.63, 3.8) is 0 Å². The SMILES string of the molecule is COc1cccc(NC(N)=NCc2cnn(C)c2C)c1.I. The van der Waals surface area contributed by atoms with Crippen molar-refractivity contribution in [2.45, 2.75) is 13.5 Å². The summed E-state index contributed by atoms with van der Waals surface area (Å²) in [7, 11) is 3.53. The summed E-state index contributed by atoms with van der Waals surface area (Å²) >= 11 is 0. The molecule has 0 aliphatic heterocycles. The minimum absolute atomic E-state index is 0. The number of methoxy groups -OCH3 is 1. The van der Waals surface area contributed by atoms with E-state index in [0.717, 1.165) is 22.7 Å². The van der Waals surface area contributed by atoms with Crippen molar-refractivity contribution < 1.29 is 4.74 Å². The third kappa shape index (κ3) is 4.62. The second kappa shape index (κ2) is 7.87. The third-order valence-corrected chi connectivity index (χ3v) is 3.10. The van der Waals surface area contributed by atoms with Crippen molar-refractivity contribution >= 4 is 35.6 Å². The van der Waals surface area contributed by atoms with Gasteiger partial charge in [0.05, 0.1) is 19.9 Å². The Labute approximate surface area is 141 Å². The Hall–Kier alpha value is -1.77. The molecule has 0 fully saturated rings. The quantitative estimate of drug-likeness (QED) is 0.468. The van der Waals surface area contributed by atoms with E-state index in [1.54, 1.807) is 13.3 Å². The number of aromatic nitrogens is 2. The van der Waals surface area contributed by atoms with Crippen molar-refractivity contribution in [3.05, 3.63) is 41.7 Å². The highest BCUT2D eigenvalue weighted by atomic mass is 127. The molecule has 0 spiro atoms. The molecule has 0 aliphatic carbocycles. The molecule has 1 aromatic heterocycles. The van der Waals surface area contributed by atoms with E-state index in [1.165, 1.54) is 0 Å². The van der Waals surface area contributed by atoms with Gasteiger partial charge in [-0.15, -0.1) is 24.0 Å². The molecular weight excluding hydrogens is 381 g/mol. The van der Waals surface area contributed by atoms with Crippen LogP contribution in [0.4, 0.5) is 5.69 Å². The molecule has 3 N–H and O–H groups in total. The van der Waals surface area contributed by atoms with E-state index in [4.69, 9.17) is 10.5 Å². The standard InChI is InChI=1S/C14H19N5O.HI/c1-10-11(9-17-19(10)2)8-16-14(15)18-12-5-4-6-13(7-12)20-3;/h4-7,9H,8H2,1-3H3,(H3,15,16,18);1H. The summed E-state index contributed by atoms with van der Waals surface area (Å²) in [5.41, 5.74) is 8.86. The van der Waals surface area contributed by atoms with E-state index in [1.807, 2.05) is 42.9 Å². The summed E-state index contributed by atoms with van der Waals surface area (Å²) in [6.07, 6.45) is 1.80. The van der Waals surface area contributed by atoms with E-state index in [-0.39, 0.29) is 24.0 Å². The summed E-state index contributed by atoms with van der Waals surface area (Å²) in [6, 6.07) is 7.52. The van der Waals surface area contributed by atoms with Crippen molar-refractivity contribution in [2.24, 2.45) is 17.8 Å². The van der Waals surface area contributed by atoms with Crippen LogP contribution in [0.1, 0.15) is 11.3 Å². The van der Waals surface area contributed by atoms with Gasteiger partial charge in [-0.1, -0.05) is 6.07 Å². The molecule has 0 unspecified atom stereocenters. The fourth-order valence-corrected chi connectivity index (χ4v) is 1.76. The molecule has 0 amide bonds. The molecule has 2 aromatic rings. The van der Waals surface area contributed by atoms with Crippen molar-refractivity contribution in [2.75, 3.05) is 12.4 Å². The Kier molecular flexibility index (Phi) is 6.47. The lowest BCUT2D eigenvalue weighted by atomic mass is 10.3. The Morgan fingerprint density at radius 1 is 1.48 bits per heavy atom. The maximum Gasteiger partial charge on any atom is 0.193 e. The highest BCUT2D eigenvalue weighted by molar-refractivity contribution is 14.0. The lowest BCUT2D eigenvalue weighted by Crippen LogP contribution is -2.22. The van der Waals surface area contributed by atoms with Gasteiger partial charge in [0, 0.05) is 30.1 Å². The predicted molar refractivity (Wildman–Crippen MR) is 95.3 cm³/mol. The Bertz CT molecular complexity index is 624. The van der Waals surface area contributed by atoms with Crippen LogP contribution < -0.4 is 15.8 Å². The average Bonchev–Trinajstić information content (AvgIpc) is 2.77. The fourth-order valence-electron chi connectivity index (χ4n) is 1.76. The molecule has 1 aromatic carbocycles. The van der Waals surface area contributed by atoms with Crippen molar-refractivity contribution in [3.8, 4) is 5.75 Å². The number of aryl methyl sites for hydroxylation is 1. The molecule has 1 heterocycles. The van der Waals surface area contributed by atoms with Crippen LogP contribution in [0, 0.1) is 6.92 Å². The van der Waals surface area contributed by atoms with Crippen molar-refractivity contribution in [1.82, 2.24) is 9.78 Å². The number of rotatable bonds is 4. The molecular formula is C14H20IN5O. The van der Waals surface area contributed by atoms with Gasteiger partial charge in [0.1, 0.15) is 5.75 Å². The van der Waals surface area contributed by atoms with E-state index in [0.29, 0.717) is 12.5 Å². The molecule has 7 heteroatoms. The topological polar surface area (TPSA) is 77.5 Å². The van der Waals surface area contributed by atoms with Gasteiger partial charge in [-0.05, 0) is 19.1 Å². The van der Waals surface area contributed by atoms with Gasteiger partial charge in [0.2, 0.25) is 0 Å². The van der Waals surface area contributed by atoms with Crippen LogP contribution in [-0.4, -0.2) is 22.8 Å².